The van der Waals surface area contributed by atoms with Gasteiger partial charge in [-0.25, -0.2) is 9.97 Å². The third-order valence-corrected chi connectivity index (χ3v) is 4.65. The summed E-state index contributed by atoms with van der Waals surface area (Å²) in [4.78, 5) is 10.8. The first-order valence-corrected chi connectivity index (χ1v) is 9.12. The molecule has 0 saturated carbocycles. The predicted octanol–water partition coefficient (Wildman–Crippen LogP) is 3.97. The Morgan fingerprint density at radius 3 is 2.67 bits per heavy atom. The quantitative estimate of drug-likeness (QED) is 0.691. The molecule has 6 nitrogen and oxygen atoms in total. The number of aromatic nitrogens is 2. The van der Waals surface area contributed by atoms with E-state index in [-0.39, 0.29) is 12.6 Å². The van der Waals surface area contributed by atoms with Crippen molar-refractivity contribution in [2.24, 2.45) is 0 Å². The van der Waals surface area contributed by atoms with Gasteiger partial charge in [-0.2, -0.15) is 0 Å². The normalized spacial score (nSPS) is 16.3. The Morgan fingerprint density at radius 2 is 1.89 bits per heavy atom. The molecule has 1 atom stereocenters. The van der Waals surface area contributed by atoms with Crippen molar-refractivity contribution in [2.45, 2.75) is 18.9 Å². The van der Waals surface area contributed by atoms with E-state index in [9.17, 15) is 5.11 Å². The number of hydrogen-bond donors (Lipinski definition) is 2. The van der Waals surface area contributed by atoms with Crippen LogP contribution in [0.1, 0.15) is 12.8 Å². The molecule has 0 spiro atoms. The maximum atomic E-state index is 9.62. The smallest absolute Gasteiger partial charge is 0.243 e. The Labute approximate surface area is 158 Å². The number of anilines is 3. The lowest BCUT2D eigenvalue weighted by Gasteiger charge is -2.26. The number of nitrogens with zero attached hydrogens (tertiary/aromatic N) is 3. The fourth-order valence-corrected chi connectivity index (χ4v) is 3.32. The molecule has 1 saturated heterocycles. The summed E-state index contributed by atoms with van der Waals surface area (Å²) in [6.45, 7) is 1.04. The molecule has 3 aromatic rings. The second-order valence-corrected chi connectivity index (χ2v) is 6.47. The van der Waals surface area contributed by atoms with Gasteiger partial charge in [0.25, 0.3) is 0 Å². The van der Waals surface area contributed by atoms with Gasteiger partial charge in [-0.3, -0.25) is 0 Å². The lowest BCUT2D eigenvalue weighted by molar-refractivity contribution is 0.266. The van der Waals surface area contributed by atoms with Crippen molar-refractivity contribution in [3.8, 4) is 11.6 Å². The van der Waals surface area contributed by atoms with Crippen molar-refractivity contribution >= 4 is 17.2 Å². The SMILES string of the molecule is OC[C@@H]1CCCN1c1cccnc1Oc1ccc(Nc2ccccn2)cc1. The van der Waals surface area contributed by atoms with E-state index in [0.717, 1.165) is 36.6 Å². The lowest BCUT2D eigenvalue weighted by atomic mass is 10.2. The number of pyridine rings is 2. The molecule has 27 heavy (non-hydrogen) atoms. The van der Waals surface area contributed by atoms with Crippen molar-refractivity contribution in [3.63, 3.8) is 0 Å². The summed E-state index contributed by atoms with van der Waals surface area (Å²) in [6.07, 6.45) is 5.52. The highest BCUT2D eigenvalue weighted by Gasteiger charge is 2.26. The fraction of sp³-hybridized carbons (Fsp3) is 0.238. The number of aliphatic hydroxyl groups excluding tert-OH is 1. The Hall–Kier alpha value is -3.12. The van der Waals surface area contributed by atoms with Crippen LogP contribution in [0.2, 0.25) is 0 Å². The van der Waals surface area contributed by atoms with Gasteiger partial charge in [-0.05, 0) is 61.4 Å². The van der Waals surface area contributed by atoms with Gasteiger partial charge >= 0.3 is 0 Å². The first kappa shape index (κ1) is 17.3. The third-order valence-electron chi connectivity index (χ3n) is 4.65. The molecular weight excluding hydrogens is 340 g/mol. The van der Waals surface area contributed by atoms with Crippen LogP contribution in [0.15, 0.2) is 67.0 Å². The molecule has 0 amide bonds. The summed E-state index contributed by atoms with van der Waals surface area (Å²) in [5.74, 6) is 2.06. The zero-order valence-electron chi connectivity index (χ0n) is 15.0. The zero-order valence-corrected chi connectivity index (χ0v) is 15.0. The summed E-state index contributed by atoms with van der Waals surface area (Å²) < 4.78 is 6.04. The summed E-state index contributed by atoms with van der Waals surface area (Å²) in [5, 5.41) is 12.9. The Balaban J connectivity index is 1.50. The number of ether oxygens (including phenoxy) is 1. The van der Waals surface area contributed by atoms with E-state index < -0.39 is 0 Å². The molecule has 2 N–H and O–H groups in total. The van der Waals surface area contributed by atoms with Crippen LogP contribution in [-0.2, 0) is 0 Å². The lowest BCUT2D eigenvalue weighted by Crippen LogP contribution is -2.32. The monoisotopic (exact) mass is 362 g/mol. The summed E-state index contributed by atoms with van der Waals surface area (Å²) in [5.41, 5.74) is 1.85. The van der Waals surface area contributed by atoms with Gasteiger partial charge in [0.2, 0.25) is 5.88 Å². The molecule has 0 radical (unpaired) electrons. The number of nitrogens with one attached hydrogen (secondary N) is 1. The van der Waals surface area contributed by atoms with Gasteiger partial charge < -0.3 is 20.1 Å². The van der Waals surface area contributed by atoms with Crippen molar-refractivity contribution in [3.05, 3.63) is 67.0 Å². The van der Waals surface area contributed by atoms with Crippen LogP contribution in [0.5, 0.6) is 11.6 Å². The highest BCUT2D eigenvalue weighted by atomic mass is 16.5. The summed E-state index contributed by atoms with van der Waals surface area (Å²) in [6, 6.07) is 17.4. The van der Waals surface area contributed by atoms with Crippen LogP contribution >= 0.6 is 0 Å². The van der Waals surface area contributed by atoms with E-state index in [2.05, 4.69) is 20.2 Å². The number of hydrogen-bond acceptors (Lipinski definition) is 6. The summed E-state index contributed by atoms with van der Waals surface area (Å²) >= 11 is 0. The van der Waals surface area contributed by atoms with E-state index in [1.54, 1.807) is 12.4 Å². The molecule has 0 unspecified atom stereocenters. The molecule has 0 aliphatic carbocycles. The maximum Gasteiger partial charge on any atom is 0.243 e. The number of rotatable bonds is 6. The minimum atomic E-state index is 0.126. The number of aliphatic hydroxyl groups is 1. The highest BCUT2D eigenvalue weighted by molar-refractivity contribution is 5.59. The molecule has 1 fully saturated rings. The zero-order chi connectivity index (χ0) is 18.5. The second-order valence-electron chi connectivity index (χ2n) is 6.47. The van der Waals surface area contributed by atoms with Crippen molar-refractivity contribution in [1.29, 1.82) is 0 Å². The van der Waals surface area contributed by atoms with E-state index in [4.69, 9.17) is 4.74 Å². The second kappa shape index (κ2) is 8.05. The summed E-state index contributed by atoms with van der Waals surface area (Å²) in [7, 11) is 0. The molecule has 138 valence electrons. The molecule has 4 rings (SSSR count). The van der Waals surface area contributed by atoms with Crippen LogP contribution < -0.4 is 15.0 Å². The third kappa shape index (κ3) is 4.01. The van der Waals surface area contributed by atoms with Crippen molar-refractivity contribution in [1.82, 2.24) is 9.97 Å². The van der Waals surface area contributed by atoms with Gasteiger partial charge in [-0.15, -0.1) is 0 Å². The molecule has 2 aromatic heterocycles. The molecule has 0 bridgehead atoms. The Bertz CT molecular complexity index is 871. The van der Waals surface area contributed by atoms with Gasteiger partial charge in [0.1, 0.15) is 17.3 Å². The van der Waals surface area contributed by atoms with Crippen molar-refractivity contribution < 1.29 is 9.84 Å². The van der Waals surface area contributed by atoms with Crippen LogP contribution in [0.4, 0.5) is 17.2 Å². The molecule has 1 aliphatic heterocycles. The van der Waals surface area contributed by atoms with Gasteiger partial charge in [-0.1, -0.05) is 6.07 Å². The first-order chi connectivity index (χ1) is 13.3. The van der Waals surface area contributed by atoms with Crippen molar-refractivity contribution in [2.75, 3.05) is 23.4 Å². The fourth-order valence-electron chi connectivity index (χ4n) is 3.32. The largest absolute Gasteiger partial charge is 0.437 e. The molecule has 1 aliphatic rings. The van der Waals surface area contributed by atoms with Crippen LogP contribution in [-0.4, -0.2) is 34.3 Å². The standard InChI is InChI=1S/C21H22N4O2/c26-15-17-5-4-14-25(17)19-6-3-13-23-21(19)27-18-10-8-16(9-11-18)24-20-7-1-2-12-22-20/h1-3,6-13,17,26H,4-5,14-15H2,(H,22,24)/t17-/m0/s1. The average molecular weight is 362 g/mol. The predicted molar refractivity (Wildman–Crippen MR) is 106 cm³/mol. The average Bonchev–Trinajstić information content (AvgIpc) is 3.19. The van der Waals surface area contributed by atoms with Crippen LogP contribution in [0, 0.1) is 0 Å². The topological polar surface area (TPSA) is 70.5 Å². The Morgan fingerprint density at radius 1 is 1.04 bits per heavy atom. The van der Waals surface area contributed by atoms with Gasteiger partial charge in [0.05, 0.1) is 12.6 Å². The van der Waals surface area contributed by atoms with Gasteiger partial charge in [0, 0.05) is 24.6 Å². The molecule has 6 heteroatoms. The number of benzene rings is 1. The molecule has 3 heterocycles. The van der Waals surface area contributed by atoms with Crippen LogP contribution in [0.25, 0.3) is 0 Å². The van der Waals surface area contributed by atoms with Gasteiger partial charge in [0.15, 0.2) is 0 Å². The maximum absolute atomic E-state index is 9.62. The minimum absolute atomic E-state index is 0.126. The van der Waals surface area contributed by atoms with E-state index >= 15 is 0 Å². The van der Waals surface area contributed by atoms with E-state index in [1.807, 2.05) is 54.6 Å². The highest BCUT2D eigenvalue weighted by Crippen LogP contribution is 2.34. The first-order valence-electron chi connectivity index (χ1n) is 9.12. The van der Waals surface area contributed by atoms with E-state index in [0.29, 0.717) is 11.6 Å². The Kier molecular flexibility index (Phi) is 5.16. The van der Waals surface area contributed by atoms with E-state index in [1.165, 1.54) is 0 Å². The molecular formula is C21H22N4O2. The molecule has 1 aromatic carbocycles. The van der Waals surface area contributed by atoms with Crippen LogP contribution in [0.3, 0.4) is 0 Å². The minimum Gasteiger partial charge on any atom is -0.437 e.